The molecular formula is C32H38N4O10S. The lowest BCUT2D eigenvalue weighted by Gasteiger charge is -2.28. The Morgan fingerprint density at radius 2 is 1.79 bits per heavy atom. The van der Waals surface area contributed by atoms with Crippen LogP contribution in [0.2, 0.25) is 0 Å². The molecular weight excluding hydrogens is 632 g/mol. The number of rotatable bonds is 15. The van der Waals surface area contributed by atoms with Crippen molar-refractivity contribution >= 4 is 39.7 Å². The second kappa shape index (κ2) is 15.7. The number of anilines is 1. The van der Waals surface area contributed by atoms with Crippen LogP contribution in [0, 0.1) is 0 Å². The second-order valence-electron chi connectivity index (χ2n) is 11.2. The van der Waals surface area contributed by atoms with E-state index in [1.54, 1.807) is 28.8 Å². The molecule has 0 bridgehead atoms. The minimum Gasteiger partial charge on any atom is -0.488 e. The van der Waals surface area contributed by atoms with E-state index in [1.165, 1.54) is 42.7 Å². The molecule has 3 atom stereocenters. The number of aliphatic carboxylic acids is 1. The van der Waals surface area contributed by atoms with Crippen molar-refractivity contribution in [3.63, 3.8) is 0 Å². The number of hydrogen-bond acceptors (Lipinski definition) is 9. The van der Waals surface area contributed by atoms with Crippen LogP contribution in [0.5, 0.6) is 5.75 Å². The number of imidazole rings is 1. The average molecular weight is 671 g/mol. The number of hydrogen-bond donors (Lipinski definition) is 3. The van der Waals surface area contributed by atoms with Crippen LogP contribution in [0.3, 0.4) is 0 Å². The van der Waals surface area contributed by atoms with Crippen molar-refractivity contribution in [2.24, 2.45) is 0 Å². The van der Waals surface area contributed by atoms with Gasteiger partial charge in [0.25, 0.3) is 16.0 Å². The second-order valence-corrected chi connectivity index (χ2v) is 12.6. The Bertz CT molecular complexity index is 1690. The maximum atomic E-state index is 14.2. The van der Waals surface area contributed by atoms with Gasteiger partial charge in [-0.15, -0.1) is 0 Å². The van der Waals surface area contributed by atoms with Gasteiger partial charge in [0.15, 0.2) is 5.82 Å². The number of carbonyl (C=O) groups excluding carboxylic acids is 3. The first-order valence-electron chi connectivity index (χ1n) is 15.2. The average Bonchev–Trinajstić information content (AvgIpc) is 3.68. The van der Waals surface area contributed by atoms with Gasteiger partial charge < -0.3 is 29.4 Å². The van der Waals surface area contributed by atoms with Gasteiger partial charge in [-0.3, -0.25) is 18.9 Å². The fourth-order valence-corrected chi connectivity index (χ4v) is 6.22. The summed E-state index contributed by atoms with van der Waals surface area (Å²) in [7, 11) is -3.42. The molecule has 1 aromatic heterocycles. The van der Waals surface area contributed by atoms with E-state index in [1.807, 2.05) is 0 Å². The molecule has 0 spiro atoms. The van der Waals surface area contributed by atoms with E-state index in [0.29, 0.717) is 24.2 Å². The lowest BCUT2D eigenvalue weighted by atomic mass is 10.1. The highest BCUT2D eigenvalue weighted by Crippen LogP contribution is 2.29. The first kappa shape index (κ1) is 35.1. The predicted octanol–water partition coefficient (Wildman–Crippen LogP) is 3.74. The molecule has 2 heterocycles. The smallest absolute Gasteiger partial charge is 0.328 e. The molecule has 0 saturated carbocycles. The molecule has 1 aliphatic heterocycles. The molecule has 15 heteroatoms. The normalized spacial score (nSPS) is 16.8. The number of carboxylic acids is 1. The summed E-state index contributed by atoms with van der Waals surface area (Å²) in [4.78, 5) is 56.0. The van der Waals surface area contributed by atoms with Crippen molar-refractivity contribution in [2.45, 2.75) is 75.0 Å². The lowest BCUT2D eigenvalue weighted by Crippen LogP contribution is -2.44. The highest BCUT2D eigenvalue weighted by molar-refractivity contribution is 7.86. The molecule has 4 rings (SSSR count). The molecule has 47 heavy (non-hydrogen) atoms. The van der Waals surface area contributed by atoms with E-state index in [4.69, 9.17) is 14.6 Å². The number of aromatic nitrogens is 2. The molecule has 2 aromatic carbocycles. The standard InChI is InChI=1S/C32H38N4O10S/c1-3-4-5-6-10-25(35-19-28(33-20-35)34-30(39)24-9-7-8-11-27(24)47(42,43)44)31(40)36-18-23(17-26(36)32(41)45-2)46-22-14-12-21(13-15-22)16-29(37)38/h7-9,11-15,19-20,23,25-26H,3-6,10,16-18H2,1-2H3,(H,34,39)(H,37,38)(H,42,43,44)/t23-,25+,26-/m0/s1. The van der Waals surface area contributed by atoms with Crippen LogP contribution in [0.1, 0.15) is 67.4 Å². The van der Waals surface area contributed by atoms with Crippen LogP contribution in [-0.2, 0) is 35.7 Å². The van der Waals surface area contributed by atoms with Crippen LogP contribution in [0.4, 0.5) is 5.82 Å². The summed E-state index contributed by atoms with van der Waals surface area (Å²) in [6, 6.07) is 10.0. The highest BCUT2D eigenvalue weighted by atomic mass is 32.2. The fourth-order valence-electron chi connectivity index (χ4n) is 5.53. The third-order valence-corrected chi connectivity index (χ3v) is 8.74. The largest absolute Gasteiger partial charge is 0.488 e. The number of nitrogens with zero attached hydrogens (tertiary/aromatic N) is 3. The first-order chi connectivity index (χ1) is 22.4. The van der Waals surface area contributed by atoms with Crippen molar-refractivity contribution in [3.05, 3.63) is 72.2 Å². The van der Waals surface area contributed by atoms with Gasteiger partial charge in [0.05, 0.1) is 32.0 Å². The number of likely N-dealkylation sites (tertiary alicyclic amines) is 1. The zero-order valence-electron chi connectivity index (χ0n) is 26.1. The Morgan fingerprint density at radius 3 is 2.45 bits per heavy atom. The van der Waals surface area contributed by atoms with Gasteiger partial charge in [-0.2, -0.15) is 8.42 Å². The number of ether oxygens (including phenoxy) is 2. The molecule has 0 aliphatic carbocycles. The van der Waals surface area contributed by atoms with Crippen LogP contribution >= 0.6 is 0 Å². The summed E-state index contributed by atoms with van der Waals surface area (Å²) in [5.41, 5.74) is 0.322. The van der Waals surface area contributed by atoms with Crippen LogP contribution in [-0.4, -0.2) is 82.1 Å². The SMILES string of the molecule is CCCCCC[C@H](C(=O)N1C[C@@H](Oc2ccc(CC(=O)O)cc2)C[C@H]1C(=O)OC)n1cnc(NC(=O)c2ccccc2S(=O)(=O)O)c1. The molecule has 2 amide bonds. The van der Waals surface area contributed by atoms with Gasteiger partial charge in [-0.05, 0) is 36.2 Å². The number of esters is 1. The fraction of sp³-hybridized carbons (Fsp3) is 0.406. The van der Waals surface area contributed by atoms with Crippen molar-refractivity contribution in [2.75, 3.05) is 19.0 Å². The summed E-state index contributed by atoms with van der Waals surface area (Å²) >= 11 is 0. The molecule has 0 unspecified atom stereocenters. The molecule has 1 aliphatic rings. The van der Waals surface area contributed by atoms with Crippen molar-refractivity contribution in [1.29, 1.82) is 0 Å². The third kappa shape index (κ3) is 9.16. The molecule has 252 valence electrons. The number of methoxy groups -OCH3 is 1. The van der Waals surface area contributed by atoms with Gasteiger partial charge in [-0.1, -0.05) is 56.9 Å². The van der Waals surface area contributed by atoms with Crippen LogP contribution in [0.15, 0.2) is 66.0 Å². The lowest BCUT2D eigenvalue weighted by molar-refractivity contribution is -0.152. The maximum absolute atomic E-state index is 14.2. The van der Waals surface area contributed by atoms with E-state index < -0.39 is 51.0 Å². The molecule has 14 nitrogen and oxygen atoms in total. The van der Waals surface area contributed by atoms with Crippen LogP contribution < -0.4 is 10.1 Å². The van der Waals surface area contributed by atoms with E-state index in [0.717, 1.165) is 25.3 Å². The zero-order valence-corrected chi connectivity index (χ0v) is 26.9. The van der Waals surface area contributed by atoms with Gasteiger partial charge >= 0.3 is 11.9 Å². The van der Waals surface area contributed by atoms with Gasteiger partial charge in [0.2, 0.25) is 5.91 Å². The Morgan fingerprint density at radius 1 is 1.06 bits per heavy atom. The van der Waals surface area contributed by atoms with Crippen molar-refractivity contribution in [3.8, 4) is 5.75 Å². The Hall–Kier alpha value is -4.76. The van der Waals surface area contributed by atoms with E-state index in [-0.39, 0.29) is 36.7 Å². The summed E-state index contributed by atoms with van der Waals surface area (Å²) in [5, 5.41) is 11.5. The topological polar surface area (TPSA) is 194 Å². The number of carboxylic acid groups (broad SMARTS) is 1. The molecule has 1 fully saturated rings. The number of amides is 2. The highest BCUT2D eigenvalue weighted by Gasteiger charge is 2.43. The summed E-state index contributed by atoms with van der Waals surface area (Å²) in [5.74, 6) is -2.23. The summed E-state index contributed by atoms with van der Waals surface area (Å²) < 4.78 is 45.7. The minimum absolute atomic E-state index is 0.0463. The van der Waals surface area contributed by atoms with E-state index in [9.17, 15) is 32.1 Å². The molecule has 0 radical (unpaired) electrons. The van der Waals surface area contributed by atoms with Crippen molar-refractivity contribution in [1.82, 2.24) is 14.5 Å². The third-order valence-electron chi connectivity index (χ3n) is 7.83. The summed E-state index contributed by atoms with van der Waals surface area (Å²) in [6.45, 7) is 2.16. The number of carbonyl (C=O) groups is 4. The van der Waals surface area contributed by atoms with E-state index >= 15 is 0 Å². The summed E-state index contributed by atoms with van der Waals surface area (Å²) in [6.07, 6.45) is 6.26. The Labute approximate surface area is 272 Å². The Balaban J connectivity index is 1.55. The minimum atomic E-state index is -4.67. The quantitative estimate of drug-likeness (QED) is 0.121. The number of benzene rings is 2. The van der Waals surface area contributed by atoms with Crippen LogP contribution in [0.25, 0.3) is 0 Å². The number of unbranched alkanes of at least 4 members (excludes halogenated alkanes) is 3. The van der Waals surface area contributed by atoms with E-state index in [2.05, 4.69) is 17.2 Å². The maximum Gasteiger partial charge on any atom is 0.328 e. The molecule has 1 saturated heterocycles. The van der Waals surface area contributed by atoms with Crippen molar-refractivity contribution < 1.29 is 46.7 Å². The zero-order chi connectivity index (χ0) is 34.1. The first-order valence-corrected chi connectivity index (χ1v) is 16.6. The number of nitrogens with one attached hydrogen (secondary N) is 1. The Kier molecular flexibility index (Phi) is 11.7. The monoisotopic (exact) mass is 670 g/mol. The van der Waals surface area contributed by atoms with Gasteiger partial charge in [0.1, 0.15) is 28.8 Å². The predicted molar refractivity (Wildman–Crippen MR) is 169 cm³/mol. The molecule has 3 aromatic rings. The van der Waals surface area contributed by atoms with Gasteiger partial charge in [-0.25, -0.2) is 9.78 Å². The van der Waals surface area contributed by atoms with Gasteiger partial charge in [0, 0.05) is 12.6 Å². The molecule has 3 N–H and O–H groups in total.